The van der Waals surface area contributed by atoms with Crippen molar-refractivity contribution in [2.24, 2.45) is 41.2 Å². The van der Waals surface area contributed by atoms with Crippen LogP contribution in [0.4, 0.5) is 0 Å². The maximum Gasteiger partial charge on any atom is 0.330 e. The van der Waals surface area contributed by atoms with E-state index in [-0.39, 0.29) is 101 Å². The minimum absolute atomic E-state index is 0. The highest BCUT2D eigenvalue weighted by Crippen LogP contribution is 2.29. The molecule has 87 heavy (non-hydrogen) atoms. The van der Waals surface area contributed by atoms with Crippen molar-refractivity contribution in [2.45, 2.75) is 166 Å². The number of carbonyl (C=O) groups excluding carboxylic acids is 9. The van der Waals surface area contributed by atoms with Crippen LogP contribution >= 0.6 is 52.1 Å². The van der Waals surface area contributed by atoms with Gasteiger partial charge in [0.25, 0.3) is 23.6 Å². The van der Waals surface area contributed by atoms with Crippen molar-refractivity contribution >= 4 is 123 Å². The van der Waals surface area contributed by atoms with E-state index in [1.165, 1.54) is 7.11 Å². The first kappa shape index (κ1) is 89.6. The lowest BCUT2D eigenvalue weighted by Crippen LogP contribution is -2.45. The average molecular weight is 1310 g/mol. The predicted octanol–water partition coefficient (Wildman–Crippen LogP) is 8.98. The van der Waals surface area contributed by atoms with Crippen LogP contribution in [0.2, 0.25) is 0 Å². The number of carboxylic acids is 3. The number of nitrogens with zero attached hydrogens (tertiary/aromatic N) is 2. The Balaban J connectivity index is -0.000000314. The molecule has 2 heterocycles. The number of Topliss-reactive ketones (excluding diaryl/α,β-unsaturated/α-hetero) is 1. The molecule has 0 saturated carbocycles. The smallest absolute Gasteiger partial charge is 0.330 e. The number of nitrogens with one attached hydrogen (secondary N) is 1. The number of methoxy groups -OCH3 is 1. The van der Waals surface area contributed by atoms with Crippen molar-refractivity contribution in [3.8, 4) is 0 Å². The molecule has 2 aromatic carbocycles. The maximum absolute atomic E-state index is 12.2. The van der Waals surface area contributed by atoms with Gasteiger partial charge < -0.3 is 40.6 Å². The van der Waals surface area contributed by atoms with Gasteiger partial charge in [-0.2, -0.15) is 40.5 Å². The Bertz CT molecular complexity index is 2410. The van der Waals surface area contributed by atoms with Crippen molar-refractivity contribution in [1.29, 1.82) is 0 Å². The van der Waals surface area contributed by atoms with Gasteiger partial charge in [0.15, 0.2) is 5.78 Å². The molecule has 2 aromatic rings. The molecule has 5 atom stereocenters. The summed E-state index contributed by atoms with van der Waals surface area (Å²) in [6, 6.07) is 10.0. The number of allylic oxidation sites excluding steroid dienone is 1. The van der Waals surface area contributed by atoms with Crippen molar-refractivity contribution in [1.82, 2.24) is 15.1 Å². The summed E-state index contributed by atoms with van der Waals surface area (Å²) in [6.45, 7) is 27.9. The second-order valence-corrected chi connectivity index (χ2v) is 22.2. The third-order valence-corrected chi connectivity index (χ3v) is 12.3. The maximum atomic E-state index is 12.2. The number of hydrogen-bond acceptors (Lipinski definition) is 17. The number of aliphatic carboxylic acids is 3. The van der Waals surface area contributed by atoms with Crippen LogP contribution in [0.5, 0.6) is 0 Å². The molecule has 0 fully saturated rings. The predicted molar refractivity (Wildman–Crippen MR) is 347 cm³/mol. The number of esters is 3. The highest BCUT2D eigenvalue weighted by Gasteiger charge is 2.44. The zero-order valence-electron chi connectivity index (χ0n) is 53.1. The molecule has 0 aliphatic carbocycles. The summed E-state index contributed by atoms with van der Waals surface area (Å²) in [5, 5.41) is 27.8. The third-order valence-electron chi connectivity index (χ3n) is 12.1. The van der Waals surface area contributed by atoms with E-state index in [0.29, 0.717) is 54.2 Å². The molecular weight excluding hydrogens is 1210 g/mol. The number of amides is 4. The molecule has 22 nitrogen and oxygen atoms in total. The number of benzene rings is 2. The molecule has 0 saturated heterocycles. The fourth-order valence-corrected chi connectivity index (χ4v) is 8.26. The fourth-order valence-electron chi connectivity index (χ4n) is 8.07. The molecule has 494 valence electrons. The number of halogens is 1. The number of hydrogen-bond donors (Lipinski definition) is 5. The number of rotatable bonds is 25. The van der Waals surface area contributed by atoms with Crippen LogP contribution in [-0.4, -0.2) is 147 Å². The highest BCUT2D eigenvalue weighted by atomic mass is 35.5. The first-order valence-corrected chi connectivity index (χ1v) is 28.3. The van der Waals surface area contributed by atoms with Crippen LogP contribution in [0.1, 0.15) is 183 Å². The molecule has 6 N–H and O–H groups in total. The summed E-state index contributed by atoms with van der Waals surface area (Å²) in [6.07, 6.45) is 3.92. The molecular formula is C61H97ClN4O18S3. The summed E-state index contributed by atoms with van der Waals surface area (Å²) in [5.74, 6) is -4.50. The van der Waals surface area contributed by atoms with Crippen LogP contribution in [0, 0.1) is 35.5 Å². The van der Waals surface area contributed by atoms with Gasteiger partial charge in [0.2, 0.25) is 5.24 Å². The molecule has 0 radical (unpaired) electrons. The second-order valence-electron chi connectivity index (χ2n) is 21.8. The lowest BCUT2D eigenvalue weighted by atomic mass is 9.92. The largest absolute Gasteiger partial charge is 0.481 e. The normalized spacial score (nSPS) is 13.6. The van der Waals surface area contributed by atoms with Crippen LogP contribution in [0.25, 0.3) is 0 Å². The van der Waals surface area contributed by atoms with Gasteiger partial charge in [0, 0.05) is 6.08 Å². The summed E-state index contributed by atoms with van der Waals surface area (Å²) in [7, 11) is 3.13. The SMILES string of the molecule is CC(C)CC(C(=O)Cl)N1C(=O)c2ccccc2C1=O.CC(C)CC(C(=O)O)N1C(=O)c2ccccc2C1=O.CC(C)C[C@H](N)C(=O)O.CCOC(=O)CC(=O)O.CCOC(=O)CC(=O)[C@H](CC(C)C)NC.COC(=O)/C=C(/C)C(C)CC(C)C.S.S.S. The molecule has 0 aromatic heterocycles. The minimum Gasteiger partial charge on any atom is -0.481 e. The van der Waals surface area contributed by atoms with E-state index in [4.69, 9.17) is 32.3 Å². The number of nitrogens with two attached hydrogens (primary N) is 1. The van der Waals surface area contributed by atoms with Gasteiger partial charge in [-0.3, -0.25) is 57.7 Å². The van der Waals surface area contributed by atoms with Gasteiger partial charge in [-0.1, -0.05) is 106 Å². The Morgan fingerprint density at radius 3 is 1.18 bits per heavy atom. The quantitative estimate of drug-likeness (QED) is 0.0154. The summed E-state index contributed by atoms with van der Waals surface area (Å²) < 4.78 is 13.6. The number of carboxylic acid groups (broad SMARTS) is 3. The molecule has 4 amide bonds. The minimum atomic E-state index is -1.16. The van der Waals surface area contributed by atoms with Crippen molar-refractivity contribution in [3.63, 3.8) is 0 Å². The first-order chi connectivity index (χ1) is 39.0. The van der Waals surface area contributed by atoms with Crippen LogP contribution in [-0.2, 0) is 52.6 Å². The lowest BCUT2D eigenvalue weighted by Gasteiger charge is -2.24. The van der Waals surface area contributed by atoms with E-state index in [9.17, 15) is 62.6 Å². The molecule has 2 aliphatic heterocycles. The standard InChI is InChI=1S/C14H14ClNO3.C14H15NO4.C11H21NO3.C11H20O2.C6H13NO2.C5H8O4.3H2S/c1-8(2)7-11(12(15)17)16-13(18)9-5-3-4-6-10(9)14(16)19;1-8(2)7-11(14(18)19)15-12(16)9-5-3-4-6-10(9)13(15)17;1-5-15-11(14)7-10(13)9(12-4)6-8(2)3;1-8(2)6-9(3)10(4)7-11(12)13-5;1-4(2)3-5(7)6(8)9;1-2-9-5(8)3-4(6)7;;;/h3-6,8,11H,7H2,1-2H3;3-6,8,11H,7H2,1-2H3,(H,18,19);8-9,12H,5-7H2,1-4H3;7-9H,6H2,1-5H3;4-5H,3,7H2,1-2H3,(H,8,9);2-3H2,1H3,(H,6,7);3*1H2/b;;;10-7-;;;;;/t;;9-;;5-;;;;/m..0.0..../s1. The van der Waals surface area contributed by atoms with Crippen molar-refractivity contribution in [2.75, 3.05) is 27.4 Å². The van der Waals surface area contributed by atoms with Gasteiger partial charge in [-0.15, -0.1) is 0 Å². The Hall–Kier alpha value is -6.12. The monoisotopic (exact) mass is 1300 g/mol. The van der Waals surface area contributed by atoms with E-state index in [1.54, 1.807) is 75.5 Å². The van der Waals surface area contributed by atoms with E-state index in [1.807, 2.05) is 62.3 Å². The van der Waals surface area contributed by atoms with Gasteiger partial charge in [-0.25, -0.2) is 9.59 Å². The van der Waals surface area contributed by atoms with E-state index >= 15 is 0 Å². The summed E-state index contributed by atoms with van der Waals surface area (Å²) in [4.78, 5) is 137. The Morgan fingerprint density at radius 2 is 0.908 bits per heavy atom. The number of ether oxygens (including phenoxy) is 3. The third kappa shape index (κ3) is 34.9. The van der Waals surface area contributed by atoms with Crippen molar-refractivity contribution in [3.05, 3.63) is 82.4 Å². The van der Waals surface area contributed by atoms with E-state index < -0.39 is 83.3 Å². The average Bonchev–Trinajstić information content (AvgIpc) is 2.40. The summed E-state index contributed by atoms with van der Waals surface area (Å²) in [5.41, 5.74) is 7.54. The van der Waals surface area contributed by atoms with E-state index in [0.717, 1.165) is 28.2 Å². The molecule has 3 unspecified atom stereocenters. The summed E-state index contributed by atoms with van der Waals surface area (Å²) >= 11 is 5.56. The number of fused-ring (bicyclic) bond motifs is 2. The number of imide groups is 2. The van der Waals surface area contributed by atoms with Crippen LogP contribution in [0.15, 0.2) is 60.2 Å². The Morgan fingerprint density at radius 1 is 0.563 bits per heavy atom. The zero-order valence-corrected chi connectivity index (χ0v) is 56.9. The number of carbonyl (C=O) groups is 12. The first-order valence-electron chi connectivity index (χ1n) is 27.9. The molecule has 26 heteroatoms. The van der Waals surface area contributed by atoms with E-state index in [2.05, 4.69) is 35.6 Å². The van der Waals surface area contributed by atoms with Gasteiger partial charge in [-0.05, 0) is 131 Å². The Kier molecular flexibility index (Phi) is 48.4. The Labute approximate surface area is 539 Å². The van der Waals surface area contributed by atoms with Gasteiger partial charge in [0.1, 0.15) is 31.0 Å². The second kappa shape index (κ2) is 47.0. The van der Waals surface area contributed by atoms with Crippen LogP contribution < -0.4 is 11.1 Å². The van der Waals surface area contributed by atoms with Gasteiger partial charge >= 0.3 is 35.8 Å². The molecule has 4 rings (SSSR count). The van der Waals surface area contributed by atoms with Crippen molar-refractivity contribution < 1.29 is 87.1 Å². The number of likely N-dealkylation sites (N-methyl/N-ethyl adjacent to an activating group) is 1. The topological polar surface area (TPSA) is 338 Å². The highest BCUT2D eigenvalue weighted by molar-refractivity contribution is 7.59. The fraction of sp³-hybridized carbons (Fsp3) is 0.574. The lowest BCUT2D eigenvalue weighted by molar-refractivity contribution is -0.151. The zero-order chi connectivity index (χ0) is 65.3. The molecule has 0 spiro atoms. The van der Waals surface area contributed by atoms with Crippen LogP contribution in [0.3, 0.4) is 0 Å². The molecule has 0 bridgehead atoms. The molecule has 2 aliphatic rings. The van der Waals surface area contributed by atoms with Gasteiger partial charge in [0.05, 0.1) is 48.6 Å². The number of ketones is 1.